The van der Waals surface area contributed by atoms with Gasteiger partial charge in [0.25, 0.3) is 6.43 Å². The van der Waals surface area contributed by atoms with Gasteiger partial charge >= 0.3 is 0 Å². The number of nitrogens with zero attached hydrogens (tertiary/aromatic N) is 1. The molecule has 1 aliphatic rings. The number of rotatable bonds is 4. The van der Waals surface area contributed by atoms with Gasteiger partial charge in [0.1, 0.15) is 11.6 Å². The standard InChI is InChI=1S/C19H13F4NO2/c1-2-11-12(7-10-4-3-9(8-24-10)19(22)23)18(26)16-14(21)6-5-13(20)15(16)17(11)25/h3-6,8,19H,2,7H2,1H3. The molecule has 0 unspecified atom stereocenters. The molecular weight excluding hydrogens is 350 g/mol. The smallest absolute Gasteiger partial charge is 0.265 e. The highest BCUT2D eigenvalue weighted by Gasteiger charge is 2.35. The van der Waals surface area contributed by atoms with Gasteiger partial charge in [-0.15, -0.1) is 0 Å². The van der Waals surface area contributed by atoms with Crippen molar-refractivity contribution in [2.24, 2.45) is 0 Å². The van der Waals surface area contributed by atoms with Crippen LogP contribution >= 0.6 is 0 Å². The molecule has 0 saturated heterocycles. The Morgan fingerprint density at radius 2 is 1.50 bits per heavy atom. The van der Waals surface area contributed by atoms with E-state index in [1.54, 1.807) is 6.92 Å². The molecule has 7 heteroatoms. The number of hydrogen-bond donors (Lipinski definition) is 0. The summed E-state index contributed by atoms with van der Waals surface area (Å²) in [5, 5.41) is 0. The molecule has 26 heavy (non-hydrogen) atoms. The van der Waals surface area contributed by atoms with Gasteiger partial charge in [-0.1, -0.05) is 6.92 Å². The molecule has 0 saturated carbocycles. The van der Waals surface area contributed by atoms with Gasteiger partial charge in [-0.2, -0.15) is 0 Å². The lowest BCUT2D eigenvalue weighted by molar-refractivity contribution is 0.0963. The molecule has 0 radical (unpaired) electrons. The molecule has 0 spiro atoms. The van der Waals surface area contributed by atoms with Gasteiger partial charge < -0.3 is 0 Å². The van der Waals surface area contributed by atoms with Crippen molar-refractivity contribution in [1.29, 1.82) is 0 Å². The predicted octanol–water partition coefficient (Wildman–Crippen LogP) is 4.63. The van der Waals surface area contributed by atoms with E-state index in [1.807, 2.05) is 0 Å². The summed E-state index contributed by atoms with van der Waals surface area (Å²) >= 11 is 0. The monoisotopic (exact) mass is 363 g/mol. The molecule has 1 aromatic carbocycles. The number of carbonyl (C=O) groups excluding carboxylic acids is 2. The number of Topliss-reactive ketones (excluding diaryl/α,β-unsaturated/α-hetero) is 2. The second kappa shape index (κ2) is 6.82. The van der Waals surface area contributed by atoms with Crippen LogP contribution in [0.3, 0.4) is 0 Å². The SMILES string of the molecule is CCC1=C(Cc2ccc(C(F)F)cn2)C(=O)c2c(F)ccc(F)c2C1=O. The molecule has 0 N–H and O–H groups in total. The second-order valence-electron chi connectivity index (χ2n) is 5.81. The zero-order valence-corrected chi connectivity index (χ0v) is 13.7. The number of halogens is 4. The molecule has 0 bridgehead atoms. The third-order valence-electron chi connectivity index (χ3n) is 4.28. The molecular formula is C19H13F4NO2. The summed E-state index contributed by atoms with van der Waals surface area (Å²) in [7, 11) is 0. The first-order valence-corrected chi connectivity index (χ1v) is 7.87. The van der Waals surface area contributed by atoms with E-state index < -0.39 is 40.8 Å². The van der Waals surface area contributed by atoms with E-state index >= 15 is 0 Å². The molecule has 2 aromatic rings. The maximum absolute atomic E-state index is 14.1. The van der Waals surface area contributed by atoms with E-state index in [-0.39, 0.29) is 35.2 Å². The Hall–Kier alpha value is -2.83. The Bertz CT molecular complexity index is 933. The van der Waals surface area contributed by atoms with Gasteiger partial charge in [0.15, 0.2) is 11.6 Å². The van der Waals surface area contributed by atoms with E-state index in [4.69, 9.17) is 0 Å². The van der Waals surface area contributed by atoms with Gasteiger partial charge in [-0.25, -0.2) is 17.6 Å². The number of aromatic nitrogens is 1. The van der Waals surface area contributed by atoms with Crippen molar-refractivity contribution in [3.8, 4) is 0 Å². The van der Waals surface area contributed by atoms with E-state index in [2.05, 4.69) is 4.98 Å². The third-order valence-corrected chi connectivity index (χ3v) is 4.28. The maximum Gasteiger partial charge on any atom is 0.265 e. The lowest BCUT2D eigenvalue weighted by Crippen LogP contribution is -2.26. The molecule has 0 aliphatic heterocycles. The first-order valence-electron chi connectivity index (χ1n) is 7.87. The normalized spacial score (nSPS) is 14.2. The Morgan fingerprint density at radius 3 is 1.96 bits per heavy atom. The average Bonchev–Trinajstić information content (AvgIpc) is 2.62. The maximum atomic E-state index is 14.1. The van der Waals surface area contributed by atoms with Crippen LogP contribution in [0.15, 0.2) is 41.6 Å². The highest BCUT2D eigenvalue weighted by molar-refractivity contribution is 6.27. The lowest BCUT2D eigenvalue weighted by Gasteiger charge is -2.21. The van der Waals surface area contributed by atoms with Gasteiger partial charge in [-0.3, -0.25) is 14.6 Å². The first kappa shape index (κ1) is 18.0. The number of fused-ring (bicyclic) bond motifs is 1. The second-order valence-corrected chi connectivity index (χ2v) is 5.81. The van der Waals surface area contributed by atoms with Crippen LogP contribution in [0.1, 0.15) is 51.7 Å². The fourth-order valence-corrected chi connectivity index (χ4v) is 2.98. The molecule has 1 heterocycles. The molecule has 0 fully saturated rings. The van der Waals surface area contributed by atoms with Crippen LogP contribution in [0.5, 0.6) is 0 Å². The summed E-state index contributed by atoms with van der Waals surface area (Å²) in [5.41, 5.74) is -1.07. The summed E-state index contributed by atoms with van der Waals surface area (Å²) in [5.74, 6) is -3.45. The van der Waals surface area contributed by atoms with Gasteiger partial charge in [-0.05, 0) is 30.7 Å². The predicted molar refractivity (Wildman–Crippen MR) is 85.2 cm³/mol. The van der Waals surface area contributed by atoms with Crippen LogP contribution in [0.25, 0.3) is 0 Å². The summed E-state index contributed by atoms with van der Waals surface area (Å²) in [4.78, 5) is 29.2. The number of allylic oxidation sites excluding steroid dienone is 2. The van der Waals surface area contributed by atoms with Crippen LogP contribution in [0.2, 0.25) is 0 Å². The molecule has 1 aromatic heterocycles. The van der Waals surface area contributed by atoms with Crippen LogP contribution in [-0.2, 0) is 6.42 Å². The van der Waals surface area contributed by atoms with Crippen molar-refractivity contribution in [1.82, 2.24) is 4.98 Å². The third kappa shape index (κ3) is 2.94. The fourth-order valence-electron chi connectivity index (χ4n) is 2.98. The summed E-state index contributed by atoms with van der Waals surface area (Å²) in [6.07, 6.45) is -1.68. The minimum absolute atomic E-state index is 0.00629. The highest BCUT2D eigenvalue weighted by Crippen LogP contribution is 2.33. The minimum atomic E-state index is -2.68. The zero-order chi connectivity index (χ0) is 19.0. The zero-order valence-electron chi connectivity index (χ0n) is 13.7. The van der Waals surface area contributed by atoms with Gasteiger partial charge in [0, 0.05) is 35.0 Å². The van der Waals surface area contributed by atoms with Crippen LogP contribution in [0, 0.1) is 11.6 Å². The molecule has 3 rings (SSSR count). The van der Waals surface area contributed by atoms with Gasteiger partial charge in [0.05, 0.1) is 11.1 Å². The van der Waals surface area contributed by atoms with Crippen LogP contribution in [-0.4, -0.2) is 16.6 Å². The Labute approximate surface area is 146 Å². The number of alkyl halides is 2. The van der Waals surface area contributed by atoms with E-state index in [1.165, 1.54) is 12.1 Å². The number of hydrogen-bond acceptors (Lipinski definition) is 3. The average molecular weight is 363 g/mol. The largest absolute Gasteiger partial charge is 0.289 e. The minimum Gasteiger partial charge on any atom is -0.289 e. The van der Waals surface area contributed by atoms with E-state index in [0.29, 0.717) is 0 Å². The Morgan fingerprint density at radius 1 is 0.923 bits per heavy atom. The Balaban J connectivity index is 2.06. The summed E-state index contributed by atoms with van der Waals surface area (Å²) < 4.78 is 53.3. The van der Waals surface area contributed by atoms with Crippen molar-refractivity contribution in [2.75, 3.05) is 0 Å². The number of carbonyl (C=O) groups is 2. The topological polar surface area (TPSA) is 47.0 Å². The van der Waals surface area contributed by atoms with Crippen molar-refractivity contribution in [3.05, 3.63) is 75.6 Å². The van der Waals surface area contributed by atoms with E-state index in [9.17, 15) is 27.2 Å². The molecule has 0 atom stereocenters. The van der Waals surface area contributed by atoms with Crippen molar-refractivity contribution in [2.45, 2.75) is 26.2 Å². The number of benzene rings is 1. The molecule has 0 amide bonds. The van der Waals surface area contributed by atoms with Crippen molar-refractivity contribution in [3.63, 3.8) is 0 Å². The number of ketones is 2. The first-order chi connectivity index (χ1) is 12.3. The van der Waals surface area contributed by atoms with E-state index in [0.717, 1.165) is 18.3 Å². The summed E-state index contributed by atoms with van der Waals surface area (Å²) in [6, 6.07) is 4.09. The Kier molecular flexibility index (Phi) is 4.71. The van der Waals surface area contributed by atoms with Crippen LogP contribution < -0.4 is 0 Å². The highest BCUT2D eigenvalue weighted by atomic mass is 19.3. The van der Waals surface area contributed by atoms with Crippen LogP contribution in [0.4, 0.5) is 17.6 Å². The number of pyridine rings is 1. The van der Waals surface area contributed by atoms with Gasteiger partial charge in [0.2, 0.25) is 0 Å². The quantitative estimate of drug-likeness (QED) is 0.745. The summed E-state index contributed by atoms with van der Waals surface area (Å²) in [6.45, 7) is 1.62. The lowest BCUT2D eigenvalue weighted by atomic mass is 9.80. The molecule has 134 valence electrons. The molecule has 1 aliphatic carbocycles. The van der Waals surface area contributed by atoms with Crippen molar-refractivity contribution >= 4 is 11.6 Å². The van der Waals surface area contributed by atoms with Crippen molar-refractivity contribution < 1.29 is 27.2 Å². The fraction of sp³-hybridized carbons (Fsp3) is 0.211. The molecule has 3 nitrogen and oxygen atoms in total.